The molecule has 4 aliphatic carbocycles. The lowest BCUT2D eigenvalue weighted by Crippen LogP contribution is -2.59. The Labute approximate surface area is 149 Å². The van der Waals surface area contributed by atoms with Crippen LogP contribution in [0.1, 0.15) is 49.7 Å². The lowest BCUT2D eigenvalue weighted by Gasteiger charge is -2.61. The van der Waals surface area contributed by atoms with Gasteiger partial charge in [0.05, 0.1) is 12.5 Å². The number of hydrogen-bond acceptors (Lipinski definition) is 3. The third-order valence-corrected chi connectivity index (χ3v) is 6.83. The smallest absolute Gasteiger partial charge is 0.325 e. The molecule has 0 spiro atoms. The Hall–Kier alpha value is -1.84. The Kier molecular flexibility index (Phi) is 3.89. The summed E-state index contributed by atoms with van der Waals surface area (Å²) in [5.41, 5.74) is 2.51. The van der Waals surface area contributed by atoms with Crippen molar-refractivity contribution in [2.24, 2.45) is 17.3 Å². The van der Waals surface area contributed by atoms with Crippen molar-refractivity contribution in [3.8, 4) is 0 Å². The molecule has 4 nitrogen and oxygen atoms in total. The molecule has 4 bridgehead atoms. The van der Waals surface area contributed by atoms with E-state index in [4.69, 9.17) is 0 Å². The van der Waals surface area contributed by atoms with Crippen LogP contribution in [-0.2, 0) is 19.7 Å². The maximum Gasteiger partial charge on any atom is 0.325 e. The highest BCUT2D eigenvalue weighted by atomic mass is 16.5. The maximum absolute atomic E-state index is 13.0. The molecule has 134 valence electrons. The number of benzene rings is 1. The molecule has 0 aliphatic heterocycles. The van der Waals surface area contributed by atoms with Crippen LogP contribution in [0, 0.1) is 24.2 Å². The molecule has 0 aromatic heterocycles. The first-order chi connectivity index (χ1) is 11.9. The van der Waals surface area contributed by atoms with E-state index < -0.39 is 0 Å². The number of carbonyl (C=O) groups is 2. The van der Waals surface area contributed by atoms with Gasteiger partial charge in [-0.25, -0.2) is 0 Å². The number of ether oxygens (including phenoxy) is 1. The van der Waals surface area contributed by atoms with E-state index in [-0.39, 0.29) is 29.3 Å². The predicted molar refractivity (Wildman–Crippen MR) is 95.0 cm³/mol. The minimum atomic E-state index is -0.383. The monoisotopic (exact) mass is 341 g/mol. The first-order valence-corrected chi connectivity index (χ1v) is 9.37. The number of nitrogens with one attached hydrogen (secondary N) is 1. The summed E-state index contributed by atoms with van der Waals surface area (Å²) in [4.78, 5) is 24.4. The summed E-state index contributed by atoms with van der Waals surface area (Å²) in [5, 5.41) is 2.85. The summed E-state index contributed by atoms with van der Waals surface area (Å²) in [6.45, 7) is 2.09. The van der Waals surface area contributed by atoms with E-state index in [9.17, 15) is 9.59 Å². The fourth-order valence-corrected chi connectivity index (χ4v) is 6.19. The van der Waals surface area contributed by atoms with Crippen LogP contribution in [0.3, 0.4) is 0 Å². The van der Waals surface area contributed by atoms with Crippen molar-refractivity contribution in [1.82, 2.24) is 5.32 Å². The molecule has 4 aliphatic rings. The zero-order valence-corrected chi connectivity index (χ0v) is 15.1. The zero-order valence-electron chi connectivity index (χ0n) is 15.1. The van der Waals surface area contributed by atoms with E-state index in [1.807, 2.05) is 0 Å². The fourth-order valence-electron chi connectivity index (χ4n) is 6.19. The summed E-state index contributed by atoms with van der Waals surface area (Å²) in [7, 11) is 1.35. The second kappa shape index (κ2) is 5.86. The fraction of sp³-hybridized carbons (Fsp3) is 0.619. The van der Waals surface area contributed by atoms with Crippen LogP contribution < -0.4 is 5.32 Å². The van der Waals surface area contributed by atoms with Crippen molar-refractivity contribution < 1.29 is 14.3 Å². The van der Waals surface area contributed by atoms with Crippen molar-refractivity contribution in [2.45, 2.75) is 50.9 Å². The molecule has 1 N–H and O–H groups in total. The standard InChI is InChI=1S/C21H27NO3/c1-14-3-5-17(6-4-14)20-8-15-7-16(9-20)11-21(10-15,13-20)19(24)22-12-18(23)25-2/h3-6,15-16H,7-13H2,1-2H3,(H,22,24)/t15-,16+,20?,21?. The average Bonchev–Trinajstić information content (AvgIpc) is 2.58. The Bertz CT molecular complexity index is 680. The van der Waals surface area contributed by atoms with Crippen molar-refractivity contribution in [1.29, 1.82) is 0 Å². The van der Waals surface area contributed by atoms with Gasteiger partial charge in [-0.15, -0.1) is 0 Å². The molecule has 4 fully saturated rings. The van der Waals surface area contributed by atoms with Gasteiger partial charge in [0.25, 0.3) is 0 Å². The van der Waals surface area contributed by atoms with Crippen LogP contribution in [-0.4, -0.2) is 25.5 Å². The van der Waals surface area contributed by atoms with E-state index in [0.717, 1.165) is 19.3 Å². The van der Waals surface area contributed by atoms with Gasteiger partial charge in [0.15, 0.2) is 0 Å². The molecular formula is C21H27NO3. The van der Waals surface area contributed by atoms with E-state index in [1.54, 1.807) is 0 Å². The number of amides is 1. The highest BCUT2D eigenvalue weighted by Crippen LogP contribution is 2.65. The number of esters is 1. The molecule has 1 aromatic carbocycles. The Morgan fingerprint density at radius 3 is 2.36 bits per heavy atom. The van der Waals surface area contributed by atoms with Crippen LogP contribution in [0.2, 0.25) is 0 Å². The predicted octanol–water partition coefficient (Wildman–Crippen LogP) is 3.12. The number of carbonyl (C=O) groups excluding carboxylic acids is 2. The number of methoxy groups -OCH3 is 1. The van der Waals surface area contributed by atoms with E-state index in [0.29, 0.717) is 11.8 Å². The lowest BCUT2D eigenvalue weighted by atomic mass is 9.42. The molecule has 4 atom stereocenters. The molecular weight excluding hydrogens is 314 g/mol. The van der Waals surface area contributed by atoms with Crippen LogP contribution in [0.15, 0.2) is 24.3 Å². The van der Waals surface area contributed by atoms with Gasteiger partial charge in [-0.1, -0.05) is 29.8 Å². The van der Waals surface area contributed by atoms with Crippen molar-refractivity contribution in [3.05, 3.63) is 35.4 Å². The molecule has 1 amide bonds. The van der Waals surface area contributed by atoms with Crippen LogP contribution in [0.5, 0.6) is 0 Å². The van der Waals surface area contributed by atoms with Gasteiger partial charge in [-0.05, 0) is 68.3 Å². The van der Waals surface area contributed by atoms with Crippen molar-refractivity contribution in [2.75, 3.05) is 13.7 Å². The molecule has 25 heavy (non-hydrogen) atoms. The quantitative estimate of drug-likeness (QED) is 0.856. The van der Waals surface area contributed by atoms with Gasteiger partial charge >= 0.3 is 5.97 Å². The summed E-state index contributed by atoms with van der Waals surface area (Å²) in [6.07, 6.45) is 6.55. The Balaban J connectivity index is 1.61. The summed E-state index contributed by atoms with van der Waals surface area (Å²) in [6, 6.07) is 8.92. The van der Waals surface area contributed by atoms with E-state index in [1.165, 1.54) is 37.5 Å². The first-order valence-electron chi connectivity index (χ1n) is 9.37. The normalized spacial score (nSPS) is 35.4. The average molecular weight is 341 g/mol. The third-order valence-electron chi connectivity index (χ3n) is 6.83. The first kappa shape index (κ1) is 16.6. The third kappa shape index (κ3) is 2.76. The van der Waals surface area contributed by atoms with E-state index in [2.05, 4.69) is 41.2 Å². The highest BCUT2D eigenvalue weighted by Gasteiger charge is 2.60. The maximum atomic E-state index is 13.0. The van der Waals surface area contributed by atoms with Gasteiger partial charge < -0.3 is 10.1 Å². The minimum Gasteiger partial charge on any atom is -0.468 e. The molecule has 0 heterocycles. The second-order valence-corrected chi connectivity index (χ2v) is 8.65. The van der Waals surface area contributed by atoms with Gasteiger partial charge in [-0.2, -0.15) is 0 Å². The van der Waals surface area contributed by atoms with E-state index >= 15 is 0 Å². The summed E-state index contributed by atoms with van der Waals surface area (Å²) < 4.78 is 4.67. The van der Waals surface area contributed by atoms with Crippen molar-refractivity contribution >= 4 is 11.9 Å². The number of hydrogen-bond donors (Lipinski definition) is 1. The molecule has 4 saturated carbocycles. The van der Waals surface area contributed by atoms with Gasteiger partial charge in [0, 0.05) is 0 Å². The molecule has 0 radical (unpaired) electrons. The van der Waals surface area contributed by atoms with Gasteiger partial charge in [0.1, 0.15) is 6.54 Å². The minimum absolute atomic E-state index is 0.0239. The second-order valence-electron chi connectivity index (χ2n) is 8.65. The van der Waals surface area contributed by atoms with Crippen LogP contribution in [0.25, 0.3) is 0 Å². The molecule has 5 rings (SSSR count). The summed E-state index contributed by atoms with van der Waals surface area (Å²) >= 11 is 0. The largest absolute Gasteiger partial charge is 0.468 e. The zero-order chi connectivity index (χ0) is 17.7. The summed E-state index contributed by atoms with van der Waals surface area (Å²) in [5.74, 6) is 0.938. The SMILES string of the molecule is COC(=O)CNC(=O)C12C[C@H]3C[C@@H](C1)CC(c1ccc(C)cc1)(C3)C2. The molecule has 1 aromatic rings. The number of rotatable bonds is 4. The number of aryl methyl sites for hydroxylation is 1. The van der Waals surface area contributed by atoms with Gasteiger partial charge in [-0.3, -0.25) is 9.59 Å². The lowest BCUT2D eigenvalue weighted by molar-refractivity contribution is -0.152. The van der Waals surface area contributed by atoms with Crippen molar-refractivity contribution in [3.63, 3.8) is 0 Å². The highest BCUT2D eigenvalue weighted by molar-refractivity contribution is 5.87. The van der Waals surface area contributed by atoms with Gasteiger partial charge in [0.2, 0.25) is 5.91 Å². The Morgan fingerprint density at radius 2 is 1.76 bits per heavy atom. The van der Waals surface area contributed by atoms with Crippen LogP contribution >= 0.6 is 0 Å². The molecule has 2 unspecified atom stereocenters. The Morgan fingerprint density at radius 1 is 1.12 bits per heavy atom. The topological polar surface area (TPSA) is 55.4 Å². The molecule has 0 saturated heterocycles. The van der Waals surface area contributed by atoms with Crippen LogP contribution in [0.4, 0.5) is 0 Å². The molecule has 4 heteroatoms.